The number of hydrogen-bond acceptors (Lipinski definition) is 7. The number of aromatic nitrogens is 5. The third-order valence-corrected chi connectivity index (χ3v) is 6.77. The summed E-state index contributed by atoms with van der Waals surface area (Å²) >= 11 is 0. The summed E-state index contributed by atoms with van der Waals surface area (Å²) in [5.41, 5.74) is 1.47. The predicted octanol–water partition coefficient (Wildman–Crippen LogP) is 4.35. The molecule has 1 aliphatic heterocycles. The number of carbonyl (C=O) groups excluding carboxylic acids is 1. The van der Waals surface area contributed by atoms with Crippen molar-refractivity contribution in [3.8, 4) is 0 Å². The maximum Gasteiger partial charge on any atom is 0.266 e. The molecule has 1 aliphatic rings. The van der Waals surface area contributed by atoms with E-state index in [1.165, 1.54) is 23.5 Å². The van der Waals surface area contributed by atoms with Crippen LogP contribution in [0.3, 0.4) is 0 Å². The lowest BCUT2D eigenvalue weighted by Crippen LogP contribution is -2.35. The molecule has 0 unspecified atom stereocenters. The van der Waals surface area contributed by atoms with Crippen LogP contribution in [0.1, 0.15) is 66.2 Å². The molecule has 1 aromatic carbocycles. The minimum atomic E-state index is -0.534. The molecule has 0 saturated carbocycles. The fraction of sp³-hybridized carbons (Fsp3) is 0.423. The van der Waals surface area contributed by atoms with Crippen molar-refractivity contribution in [1.82, 2.24) is 29.6 Å². The third kappa shape index (κ3) is 4.77. The van der Waals surface area contributed by atoms with Crippen molar-refractivity contribution in [3.63, 3.8) is 0 Å². The van der Waals surface area contributed by atoms with Gasteiger partial charge in [-0.2, -0.15) is 4.98 Å². The summed E-state index contributed by atoms with van der Waals surface area (Å²) in [5.74, 6) is 0.0877. The summed E-state index contributed by atoms with van der Waals surface area (Å²) < 4.78 is 37.3. The van der Waals surface area contributed by atoms with Gasteiger partial charge in [-0.05, 0) is 35.7 Å². The summed E-state index contributed by atoms with van der Waals surface area (Å²) in [7, 11) is 3.22. The molecule has 37 heavy (non-hydrogen) atoms. The Morgan fingerprint density at radius 1 is 1.16 bits per heavy atom. The van der Waals surface area contributed by atoms with Crippen LogP contribution in [-0.4, -0.2) is 62.7 Å². The molecule has 4 heterocycles. The standard InChI is InChI=1S/C26H29F2N7O2/c1-15(2)24-31-26(32-37-24)34-9-7-18(8-10-34)35-13-20(28)22-21(29-14-30-23(22)35)12-16-5-6-17(11-19(16)27)25(36)33(3)4/h5-6,11,13-15,18H,7-10,12H2,1-4H3. The first-order valence-corrected chi connectivity index (χ1v) is 12.3. The molecular weight excluding hydrogens is 480 g/mol. The topological polar surface area (TPSA) is 93.2 Å². The summed E-state index contributed by atoms with van der Waals surface area (Å²) in [6, 6.07) is 4.37. The van der Waals surface area contributed by atoms with E-state index in [1.807, 2.05) is 18.4 Å². The maximum absolute atomic E-state index is 15.2. The minimum Gasteiger partial charge on any atom is -0.345 e. The van der Waals surface area contributed by atoms with Crippen molar-refractivity contribution in [2.24, 2.45) is 0 Å². The molecule has 5 rings (SSSR count). The van der Waals surface area contributed by atoms with Gasteiger partial charge in [-0.1, -0.05) is 19.9 Å². The Balaban J connectivity index is 1.36. The third-order valence-electron chi connectivity index (χ3n) is 6.77. The van der Waals surface area contributed by atoms with E-state index in [0.29, 0.717) is 41.8 Å². The van der Waals surface area contributed by atoms with Crippen LogP contribution in [0.5, 0.6) is 0 Å². The Labute approximate surface area is 213 Å². The van der Waals surface area contributed by atoms with Gasteiger partial charge in [-0.25, -0.2) is 18.7 Å². The highest BCUT2D eigenvalue weighted by molar-refractivity contribution is 5.94. The van der Waals surface area contributed by atoms with Gasteiger partial charge in [-0.15, -0.1) is 0 Å². The highest BCUT2D eigenvalue weighted by Crippen LogP contribution is 2.32. The van der Waals surface area contributed by atoms with Crippen molar-refractivity contribution >= 4 is 22.9 Å². The Morgan fingerprint density at radius 2 is 1.92 bits per heavy atom. The number of hydrogen-bond donors (Lipinski definition) is 0. The first-order valence-electron chi connectivity index (χ1n) is 12.3. The fourth-order valence-corrected chi connectivity index (χ4v) is 4.71. The van der Waals surface area contributed by atoms with E-state index in [2.05, 4.69) is 25.0 Å². The van der Waals surface area contributed by atoms with Gasteiger partial charge in [0.15, 0.2) is 5.82 Å². The van der Waals surface area contributed by atoms with E-state index < -0.39 is 11.6 Å². The zero-order valence-electron chi connectivity index (χ0n) is 21.3. The Hall–Kier alpha value is -3.89. The van der Waals surface area contributed by atoms with Gasteiger partial charge in [0.2, 0.25) is 5.89 Å². The molecule has 11 heteroatoms. The zero-order chi connectivity index (χ0) is 26.3. The van der Waals surface area contributed by atoms with Crippen LogP contribution in [0.4, 0.5) is 14.7 Å². The van der Waals surface area contributed by atoms with Gasteiger partial charge in [-0.3, -0.25) is 4.79 Å². The molecule has 1 fully saturated rings. The molecule has 1 saturated heterocycles. The highest BCUT2D eigenvalue weighted by Gasteiger charge is 2.27. The molecule has 0 radical (unpaired) electrons. The van der Waals surface area contributed by atoms with Crippen LogP contribution in [0, 0.1) is 11.6 Å². The molecule has 9 nitrogen and oxygen atoms in total. The van der Waals surface area contributed by atoms with Crippen LogP contribution in [0.15, 0.2) is 35.2 Å². The van der Waals surface area contributed by atoms with Crippen molar-refractivity contribution in [3.05, 3.63) is 65.1 Å². The number of carbonyl (C=O) groups is 1. The van der Waals surface area contributed by atoms with Crippen LogP contribution in [0.2, 0.25) is 0 Å². The van der Waals surface area contributed by atoms with E-state index in [1.54, 1.807) is 26.2 Å². The lowest BCUT2D eigenvalue weighted by Gasteiger charge is -2.31. The average Bonchev–Trinajstić information content (AvgIpc) is 3.51. The monoisotopic (exact) mass is 509 g/mol. The Bertz CT molecular complexity index is 1440. The molecule has 0 atom stereocenters. The van der Waals surface area contributed by atoms with E-state index >= 15 is 4.39 Å². The number of piperidine rings is 1. The van der Waals surface area contributed by atoms with Gasteiger partial charge < -0.3 is 18.9 Å². The largest absolute Gasteiger partial charge is 0.345 e. The number of fused-ring (bicyclic) bond motifs is 1. The number of halogens is 2. The molecule has 0 aliphatic carbocycles. The lowest BCUT2D eigenvalue weighted by atomic mass is 10.0. The molecule has 194 valence electrons. The quantitative estimate of drug-likeness (QED) is 0.382. The number of nitrogens with zero attached hydrogens (tertiary/aromatic N) is 7. The summed E-state index contributed by atoms with van der Waals surface area (Å²) in [6.45, 7) is 5.40. The van der Waals surface area contributed by atoms with Crippen LogP contribution >= 0.6 is 0 Å². The van der Waals surface area contributed by atoms with E-state index in [9.17, 15) is 9.18 Å². The molecule has 0 N–H and O–H groups in total. The van der Waals surface area contributed by atoms with E-state index in [4.69, 9.17) is 4.52 Å². The summed E-state index contributed by atoms with van der Waals surface area (Å²) in [5, 5.41) is 4.39. The second kappa shape index (κ2) is 9.87. The maximum atomic E-state index is 15.2. The lowest BCUT2D eigenvalue weighted by molar-refractivity contribution is 0.0827. The normalized spacial score (nSPS) is 14.6. The fourth-order valence-electron chi connectivity index (χ4n) is 4.71. The summed E-state index contributed by atoms with van der Waals surface area (Å²) in [6.07, 6.45) is 4.44. The van der Waals surface area contributed by atoms with Gasteiger partial charge in [0.25, 0.3) is 11.9 Å². The first kappa shape index (κ1) is 24.8. The minimum absolute atomic E-state index is 0.0375. The van der Waals surface area contributed by atoms with Crippen LogP contribution < -0.4 is 4.90 Å². The number of benzene rings is 1. The zero-order valence-corrected chi connectivity index (χ0v) is 21.3. The molecule has 3 aromatic heterocycles. The van der Waals surface area contributed by atoms with Crippen LogP contribution in [0.25, 0.3) is 11.0 Å². The molecule has 0 spiro atoms. The van der Waals surface area contributed by atoms with E-state index in [-0.39, 0.29) is 35.2 Å². The SMILES string of the molecule is CC(C)c1nc(N2CCC(n3cc(F)c4c(Cc5ccc(C(=O)N(C)C)cc5F)ncnc43)CC2)no1. The molecule has 1 amide bonds. The second-order valence-electron chi connectivity index (χ2n) is 9.89. The van der Waals surface area contributed by atoms with Gasteiger partial charge >= 0.3 is 0 Å². The predicted molar refractivity (Wildman–Crippen MR) is 134 cm³/mol. The smallest absolute Gasteiger partial charge is 0.266 e. The van der Waals surface area contributed by atoms with Gasteiger partial charge in [0.05, 0.1) is 11.1 Å². The van der Waals surface area contributed by atoms with Gasteiger partial charge in [0, 0.05) is 57.3 Å². The van der Waals surface area contributed by atoms with Gasteiger partial charge in [0.1, 0.15) is 17.8 Å². The number of amides is 1. The van der Waals surface area contributed by atoms with Crippen LogP contribution in [-0.2, 0) is 6.42 Å². The Morgan fingerprint density at radius 3 is 2.57 bits per heavy atom. The first-order chi connectivity index (χ1) is 17.7. The van der Waals surface area contributed by atoms with Crippen molar-refractivity contribution in [2.45, 2.75) is 45.1 Å². The summed E-state index contributed by atoms with van der Waals surface area (Å²) in [4.78, 5) is 28.7. The molecule has 4 aromatic rings. The second-order valence-corrected chi connectivity index (χ2v) is 9.89. The number of anilines is 1. The van der Waals surface area contributed by atoms with Crippen molar-refractivity contribution in [1.29, 1.82) is 0 Å². The molecule has 0 bridgehead atoms. The molecular formula is C26H29F2N7O2. The Kier molecular flexibility index (Phi) is 6.61. The number of rotatable bonds is 6. The highest BCUT2D eigenvalue weighted by atomic mass is 19.1. The van der Waals surface area contributed by atoms with Crippen molar-refractivity contribution in [2.75, 3.05) is 32.1 Å². The van der Waals surface area contributed by atoms with Crippen molar-refractivity contribution < 1.29 is 18.1 Å². The average molecular weight is 510 g/mol. The van der Waals surface area contributed by atoms with E-state index in [0.717, 1.165) is 12.8 Å².